The van der Waals surface area contributed by atoms with Gasteiger partial charge in [-0.25, -0.2) is 0 Å². The van der Waals surface area contributed by atoms with E-state index < -0.39 is 0 Å². The zero-order valence-electron chi connectivity index (χ0n) is 14.6. The van der Waals surface area contributed by atoms with E-state index in [1.54, 1.807) is 0 Å². The largest absolute Gasteiger partial charge is 0.508 e. The van der Waals surface area contributed by atoms with E-state index in [0.29, 0.717) is 29.7 Å². The minimum absolute atomic E-state index is 0.0489. The van der Waals surface area contributed by atoms with Crippen molar-refractivity contribution in [3.8, 4) is 6.07 Å². The van der Waals surface area contributed by atoms with Crippen molar-refractivity contribution in [3.05, 3.63) is 11.3 Å². The molecule has 5 rings (SSSR count). The lowest BCUT2D eigenvalue weighted by Gasteiger charge is -2.58. The number of hydrogen-bond donors (Lipinski definition) is 2. The highest BCUT2D eigenvalue weighted by molar-refractivity contribution is 5.41. The van der Waals surface area contributed by atoms with Crippen molar-refractivity contribution in [3.63, 3.8) is 0 Å². The molecule has 2 N–H and O–H groups in total. The van der Waals surface area contributed by atoms with E-state index in [4.69, 9.17) is 4.74 Å². The number of allylic oxidation sites excluding steroid dienone is 1. The molecule has 4 fully saturated rings. The van der Waals surface area contributed by atoms with Gasteiger partial charge in [-0.15, -0.1) is 0 Å². The number of nitriles is 1. The smallest absolute Gasteiger partial charge is 0.146 e. The van der Waals surface area contributed by atoms with Crippen LogP contribution in [0.3, 0.4) is 0 Å². The Balaban J connectivity index is 1.55. The molecule has 0 aromatic carbocycles. The average Bonchev–Trinajstić information content (AvgIpc) is 3.23. The third kappa shape index (κ3) is 1.48. The maximum absolute atomic E-state index is 10.5. The van der Waals surface area contributed by atoms with Crippen LogP contribution in [0.4, 0.5) is 0 Å². The first-order valence-electron chi connectivity index (χ1n) is 9.55. The summed E-state index contributed by atoms with van der Waals surface area (Å²) in [4.78, 5) is 0. The molecule has 4 nitrogen and oxygen atoms in total. The number of aliphatic hydroxyl groups excluding tert-OH is 2. The maximum Gasteiger partial charge on any atom is 0.146 e. The highest BCUT2D eigenvalue weighted by atomic mass is 16.6. The lowest BCUT2D eigenvalue weighted by atomic mass is 9.45. The third-order valence-electron chi connectivity index (χ3n) is 8.95. The molecule has 0 bridgehead atoms. The van der Waals surface area contributed by atoms with Crippen LogP contribution in [0.1, 0.15) is 58.8 Å². The SMILES string of the molecule is C[C@@]12CC[C@@H]3[C@H](CC[C@@]45O[C@@H]4C(O)=C(C#N)C[C@]35C)[C@H]1CC[C@H]2O. The third-order valence-corrected chi connectivity index (χ3v) is 8.95. The lowest BCUT2D eigenvalue weighted by Crippen LogP contribution is -2.57. The first-order chi connectivity index (χ1) is 11.4. The molecule has 0 radical (unpaired) electrons. The van der Waals surface area contributed by atoms with Gasteiger partial charge in [-0.1, -0.05) is 13.8 Å². The monoisotopic (exact) mass is 329 g/mol. The molecule has 1 saturated heterocycles. The molecule has 0 amide bonds. The average molecular weight is 329 g/mol. The fraction of sp³-hybridized carbons (Fsp3) is 0.850. The van der Waals surface area contributed by atoms with Crippen molar-refractivity contribution >= 4 is 0 Å². The fourth-order valence-corrected chi connectivity index (χ4v) is 7.50. The summed E-state index contributed by atoms with van der Waals surface area (Å²) in [6, 6.07) is 2.23. The summed E-state index contributed by atoms with van der Waals surface area (Å²) < 4.78 is 6.11. The van der Waals surface area contributed by atoms with Gasteiger partial charge in [0.15, 0.2) is 0 Å². The quantitative estimate of drug-likeness (QED) is 0.667. The first-order valence-corrected chi connectivity index (χ1v) is 9.55. The van der Waals surface area contributed by atoms with Crippen molar-refractivity contribution in [2.24, 2.45) is 28.6 Å². The molecule has 5 aliphatic rings. The molecule has 1 heterocycles. The molecule has 3 saturated carbocycles. The van der Waals surface area contributed by atoms with Gasteiger partial charge in [-0.05, 0) is 68.1 Å². The van der Waals surface area contributed by atoms with E-state index in [0.717, 1.165) is 38.5 Å². The van der Waals surface area contributed by atoms with Gasteiger partial charge in [0.1, 0.15) is 17.5 Å². The van der Waals surface area contributed by atoms with Crippen molar-refractivity contribution in [2.45, 2.75) is 76.6 Å². The van der Waals surface area contributed by atoms with Crippen molar-refractivity contribution in [2.75, 3.05) is 0 Å². The molecular formula is C20H27NO3. The Morgan fingerprint density at radius 2 is 1.92 bits per heavy atom. The summed E-state index contributed by atoms with van der Waals surface area (Å²) in [7, 11) is 0. The topological polar surface area (TPSA) is 76.8 Å². The molecule has 1 aliphatic heterocycles. The van der Waals surface area contributed by atoms with Crippen LogP contribution in [0, 0.1) is 39.9 Å². The number of aliphatic hydroxyl groups is 2. The highest BCUT2D eigenvalue weighted by Crippen LogP contribution is 2.73. The maximum atomic E-state index is 10.5. The summed E-state index contributed by atoms with van der Waals surface area (Å²) in [5.41, 5.74) is 0.336. The Kier molecular flexibility index (Phi) is 2.77. The molecule has 4 heteroatoms. The molecule has 4 aliphatic carbocycles. The Labute approximate surface area is 143 Å². The van der Waals surface area contributed by atoms with E-state index in [-0.39, 0.29) is 34.4 Å². The van der Waals surface area contributed by atoms with Gasteiger partial charge in [-0.2, -0.15) is 5.26 Å². The lowest BCUT2D eigenvalue weighted by molar-refractivity contribution is -0.116. The van der Waals surface area contributed by atoms with Crippen molar-refractivity contribution in [1.29, 1.82) is 5.26 Å². The van der Waals surface area contributed by atoms with E-state index in [9.17, 15) is 15.5 Å². The van der Waals surface area contributed by atoms with Crippen LogP contribution in [0.2, 0.25) is 0 Å². The summed E-state index contributed by atoms with van der Waals surface area (Å²) in [6.45, 7) is 4.60. The predicted octanol–water partition coefficient (Wildman–Crippen LogP) is 3.47. The number of fused-ring (bicyclic) bond motifs is 4. The Morgan fingerprint density at radius 3 is 2.67 bits per heavy atom. The number of hydrogen-bond acceptors (Lipinski definition) is 4. The molecule has 0 aromatic heterocycles. The number of rotatable bonds is 0. The van der Waals surface area contributed by atoms with E-state index in [1.807, 2.05) is 0 Å². The minimum atomic E-state index is -0.241. The molecule has 24 heavy (non-hydrogen) atoms. The van der Waals surface area contributed by atoms with E-state index in [2.05, 4.69) is 19.9 Å². The Morgan fingerprint density at radius 1 is 1.12 bits per heavy atom. The normalized spacial score (nSPS) is 58.2. The first kappa shape index (κ1) is 15.2. The Hall–Kier alpha value is -1.05. The van der Waals surface area contributed by atoms with Gasteiger partial charge in [0, 0.05) is 5.41 Å². The summed E-state index contributed by atoms with van der Waals surface area (Å²) >= 11 is 0. The zero-order valence-corrected chi connectivity index (χ0v) is 14.6. The highest BCUT2D eigenvalue weighted by Gasteiger charge is 2.76. The van der Waals surface area contributed by atoms with Gasteiger partial charge >= 0.3 is 0 Å². The van der Waals surface area contributed by atoms with Crippen molar-refractivity contribution < 1.29 is 14.9 Å². The second-order valence-electron chi connectivity index (χ2n) is 9.51. The summed E-state index contributed by atoms with van der Waals surface area (Å²) in [5.74, 6) is 1.96. The van der Waals surface area contributed by atoms with Crippen LogP contribution in [0.25, 0.3) is 0 Å². The molecule has 130 valence electrons. The minimum Gasteiger partial charge on any atom is -0.508 e. The standard InChI is InChI=1S/C20H27NO3/c1-18-7-6-14-12(13(18)3-4-15(18)22)5-8-20-17(24-20)16(23)11(10-21)9-19(14,20)2/h12-15,17,22-23H,3-9H2,1-2H3/t12-,13-,14-,15-,17-,18-,19-,20-/m1/s1. The van der Waals surface area contributed by atoms with E-state index >= 15 is 0 Å². The molecule has 0 unspecified atom stereocenters. The van der Waals surface area contributed by atoms with Crippen LogP contribution in [0.15, 0.2) is 11.3 Å². The molecular weight excluding hydrogens is 302 g/mol. The second kappa shape index (κ2) is 4.37. The van der Waals surface area contributed by atoms with Crippen molar-refractivity contribution in [1.82, 2.24) is 0 Å². The van der Waals surface area contributed by atoms with Crippen LogP contribution in [-0.4, -0.2) is 28.0 Å². The van der Waals surface area contributed by atoms with Gasteiger partial charge < -0.3 is 14.9 Å². The van der Waals surface area contributed by atoms with Gasteiger partial charge in [0.2, 0.25) is 0 Å². The summed E-state index contributed by atoms with van der Waals surface area (Å²) in [6.07, 6.45) is 6.65. The summed E-state index contributed by atoms with van der Waals surface area (Å²) in [5, 5.41) is 30.4. The number of ether oxygens (including phenoxy) is 1. The zero-order chi connectivity index (χ0) is 16.9. The second-order valence-corrected chi connectivity index (χ2v) is 9.51. The number of epoxide rings is 1. The fourth-order valence-electron chi connectivity index (χ4n) is 7.50. The molecule has 8 atom stereocenters. The van der Waals surface area contributed by atoms with Crippen LogP contribution in [0.5, 0.6) is 0 Å². The van der Waals surface area contributed by atoms with Crippen LogP contribution in [-0.2, 0) is 4.74 Å². The molecule has 1 spiro atoms. The van der Waals surface area contributed by atoms with Crippen LogP contribution >= 0.6 is 0 Å². The van der Waals surface area contributed by atoms with Gasteiger partial charge in [0.05, 0.1) is 17.7 Å². The predicted molar refractivity (Wildman–Crippen MR) is 87.9 cm³/mol. The van der Waals surface area contributed by atoms with E-state index in [1.165, 1.54) is 0 Å². The van der Waals surface area contributed by atoms with Crippen LogP contribution < -0.4 is 0 Å². The number of nitrogens with zero attached hydrogens (tertiary/aromatic N) is 1. The van der Waals surface area contributed by atoms with Gasteiger partial charge in [0.25, 0.3) is 0 Å². The Bertz CT molecular complexity index is 681. The van der Waals surface area contributed by atoms with Gasteiger partial charge in [-0.3, -0.25) is 0 Å². The molecule has 0 aromatic rings.